The van der Waals surface area contributed by atoms with Gasteiger partial charge in [0.2, 0.25) is 0 Å². The van der Waals surface area contributed by atoms with Gasteiger partial charge in [-0.15, -0.1) is 0 Å². The summed E-state index contributed by atoms with van der Waals surface area (Å²) in [5.74, 6) is 0. The zero-order valence-electron chi connectivity index (χ0n) is 25.5. The molecule has 8 rings (SSSR count). The van der Waals surface area contributed by atoms with E-state index in [1.54, 1.807) is 0 Å². The highest BCUT2D eigenvalue weighted by Gasteiger charge is 2.17. The molecule has 1 aromatic heterocycles. The molecule has 45 heavy (non-hydrogen) atoms. The van der Waals surface area contributed by atoms with E-state index in [0.717, 1.165) is 0 Å². The first-order chi connectivity index (χ1) is 22.2. The molecule has 0 N–H and O–H groups in total. The number of benzene rings is 7. The number of allylic oxidation sites excluding steroid dienone is 4. The molecule has 214 valence electrons. The summed E-state index contributed by atoms with van der Waals surface area (Å²) in [6, 6.07) is 53.1. The molecule has 1 heterocycles. The van der Waals surface area contributed by atoms with E-state index >= 15 is 0 Å². The molecule has 0 radical (unpaired) electrons. The number of rotatable bonds is 5. The van der Waals surface area contributed by atoms with E-state index in [1.165, 1.54) is 82.4 Å². The van der Waals surface area contributed by atoms with Gasteiger partial charge in [0.25, 0.3) is 0 Å². The molecule has 1 nitrogen and oxygen atoms in total. The Balaban J connectivity index is 1.28. The molecule has 0 fully saturated rings. The zero-order valence-corrected chi connectivity index (χ0v) is 25.5. The van der Waals surface area contributed by atoms with Crippen molar-refractivity contribution >= 4 is 48.9 Å². The zero-order chi connectivity index (χ0) is 30.3. The Morgan fingerprint density at radius 1 is 0.489 bits per heavy atom. The second-order valence-corrected chi connectivity index (χ2v) is 11.7. The maximum atomic E-state index is 2.37. The van der Waals surface area contributed by atoms with Crippen molar-refractivity contribution in [1.29, 1.82) is 0 Å². The third-order valence-electron chi connectivity index (χ3n) is 9.06. The van der Waals surface area contributed by atoms with Gasteiger partial charge < -0.3 is 4.57 Å². The van der Waals surface area contributed by atoms with Crippen molar-refractivity contribution in [1.82, 2.24) is 4.57 Å². The van der Waals surface area contributed by atoms with Crippen molar-refractivity contribution in [2.75, 3.05) is 0 Å². The van der Waals surface area contributed by atoms with Gasteiger partial charge in [-0.1, -0.05) is 133 Å². The molecule has 0 aliphatic carbocycles. The summed E-state index contributed by atoms with van der Waals surface area (Å²) in [5.41, 5.74) is 11.2. The summed E-state index contributed by atoms with van der Waals surface area (Å²) in [6.07, 6.45) is 6.43. The maximum absolute atomic E-state index is 2.37. The van der Waals surface area contributed by atoms with Crippen LogP contribution in [0, 0.1) is 0 Å². The Labute approximate surface area is 264 Å². The van der Waals surface area contributed by atoms with Crippen LogP contribution >= 0.6 is 0 Å². The lowest BCUT2D eigenvalue weighted by molar-refractivity contribution is 1.18. The van der Waals surface area contributed by atoms with Crippen LogP contribution in [0.5, 0.6) is 0 Å². The molecule has 0 saturated carbocycles. The van der Waals surface area contributed by atoms with Gasteiger partial charge >= 0.3 is 0 Å². The van der Waals surface area contributed by atoms with Crippen LogP contribution in [0.2, 0.25) is 0 Å². The van der Waals surface area contributed by atoms with Crippen LogP contribution < -0.4 is 0 Å². The van der Waals surface area contributed by atoms with E-state index in [1.807, 2.05) is 0 Å². The summed E-state index contributed by atoms with van der Waals surface area (Å²) in [4.78, 5) is 0. The maximum Gasteiger partial charge on any atom is 0.0541 e. The second kappa shape index (κ2) is 11.1. The summed E-state index contributed by atoms with van der Waals surface area (Å²) >= 11 is 0. The first-order valence-corrected chi connectivity index (χ1v) is 15.7. The van der Waals surface area contributed by atoms with Gasteiger partial charge in [-0.25, -0.2) is 0 Å². The summed E-state index contributed by atoms with van der Waals surface area (Å²) in [7, 11) is 0. The SMILES string of the molecule is CC=CC=C(C)c1c2ccccc2c(-c2ccc(-c3ccc4c(c3)c3ccccc3n4-c3ccccc3)cc2)c2ccccc12. The largest absolute Gasteiger partial charge is 0.309 e. The minimum atomic E-state index is 1.18. The van der Waals surface area contributed by atoms with E-state index in [0.29, 0.717) is 0 Å². The van der Waals surface area contributed by atoms with Gasteiger partial charge in [0.05, 0.1) is 11.0 Å². The van der Waals surface area contributed by atoms with Crippen molar-refractivity contribution in [3.63, 3.8) is 0 Å². The molecule has 0 bridgehead atoms. The molecule has 8 aromatic rings. The Morgan fingerprint density at radius 3 is 1.69 bits per heavy atom. The molecule has 7 aromatic carbocycles. The summed E-state index contributed by atoms with van der Waals surface area (Å²) in [5, 5.41) is 7.67. The topological polar surface area (TPSA) is 4.93 Å². The number of aromatic nitrogens is 1. The van der Waals surface area contributed by atoms with Crippen molar-refractivity contribution < 1.29 is 0 Å². The highest BCUT2D eigenvalue weighted by molar-refractivity contribution is 6.18. The van der Waals surface area contributed by atoms with Crippen molar-refractivity contribution in [2.45, 2.75) is 13.8 Å². The molecule has 0 atom stereocenters. The van der Waals surface area contributed by atoms with Crippen LogP contribution in [0.4, 0.5) is 0 Å². The fraction of sp³-hybridized carbons (Fsp3) is 0.0455. The van der Waals surface area contributed by atoms with Crippen LogP contribution in [-0.2, 0) is 0 Å². The minimum Gasteiger partial charge on any atom is -0.309 e. The standard InChI is InChI=1S/C44H33N/c1-3-4-14-30(2)43-36-18-8-10-20-38(36)44(39-21-11-9-19-37(39)43)32-25-23-31(24-26-32)33-27-28-42-40(29-33)35-17-12-13-22-41(35)45(42)34-15-6-5-7-16-34/h3-29H,1-2H3. The molecular formula is C44H33N. The average molecular weight is 576 g/mol. The Kier molecular flexibility index (Phi) is 6.65. The third kappa shape index (κ3) is 4.48. The third-order valence-corrected chi connectivity index (χ3v) is 9.06. The first-order valence-electron chi connectivity index (χ1n) is 15.7. The van der Waals surface area contributed by atoms with Crippen LogP contribution in [0.3, 0.4) is 0 Å². The summed E-state index contributed by atoms with van der Waals surface area (Å²) in [6.45, 7) is 4.28. The number of fused-ring (bicyclic) bond motifs is 5. The second-order valence-electron chi connectivity index (χ2n) is 11.7. The molecular weight excluding hydrogens is 542 g/mol. The van der Waals surface area contributed by atoms with E-state index in [9.17, 15) is 0 Å². The lowest BCUT2D eigenvalue weighted by Gasteiger charge is -2.18. The van der Waals surface area contributed by atoms with E-state index in [2.05, 4.69) is 182 Å². The van der Waals surface area contributed by atoms with Crippen LogP contribution in [0.25, 0.3) is 76.9 Å². The first kappa shape index (κ1) is 26.9. The number of para-hydroxylation sites is 2. The Hall–Kier alpha value is -5.66. The lowest BCUT2D eigenvalue weighted by atomic mass is 9.86. The van der Waals surface area contributed by atoms with Crippen LogP contribution in [0.15, 0.2) is 164 Å². The monoisotopic (exact) mass is 575 g/mol. The molecule has 0 saturated heterocycles. The van der Waals surface area contributed by atoms with Gasteiger partial charge in [0.15, 0.2) is 0 Å². The predicted molar refractivity (Wildman–Crippen MR) is 195 cm³/mol. The van der Waals surface area contributed by atoms with Crippen molar-refractivity contribution in [2.24, 2.45) is 0 Å². The van der Waals surface area contributed by atoms with Crippen molar-refractivity contribution in [3.8, 4) is 27.9 Å². The van der Waals surface area contributed by atoms with Gasteiger partial charge in [0.1, 0.15) is 0 Å². The minimum absolute atomic E-state index is 1.18. The number of hydrogen-bond donors (Lipinski definition) is 0. The predicted octanol–water partition coefficient (Wildman–Crippen LogP) is 12.4. The van der Waals surface area contributed by atoms with E-state index in [-0.39, 0.29) is 0 Å². The average Bonchev–Trinajstić information content (AvgIpc) is 3.43. The van der Waals surface area contributed by atoms with Gasteiger partial charge in [-0.3, -0.25) is 0 Å². The fourth-order valence-corrected chi connectivity index (χ4v) is 7.03. The van der Waals surface area contributed by atoms with Gasteiger partial charge in [0, 0.05) is 16.5 Å². The highest BCUT2D eigenvalue weighted by Crippen LogP contribution is 2.42. The molecule has 0 spiro atoms. The smallest absolute Gasteiger partial charge is 0.0541 e. The van der Waals surface area contributed by atoms with Crippen LogP contribution in [0.1, 0.15) is 19.4 Å². The normalized spacial score (nSPS) is 12.3. The number of nitrogens with zero attached hydrogens (tertiary/aromatic N) is 1. The van der Waals surface area contributed by atoms with Gasteiger partial charge in [-0.2, -0.15) is 0 Å². The lowest BCUT2D eigenvalue weighted by Crippen LogP contribution is -1.93. The molecule has 0 aliphatic rings. The van der Waals surface area contributed by atoms with E-state index < -0.39 is 0 Å². The summed E-state index contributed by atoms with van der Waals surface area (Å²) < 4.78 is 2.37. The Bertz CT molecular complexity index is 2360. The van der Waals surface area contributed by atoms with Crippen LogP contribution in [-0.4, -0.2) is 4.57 Å². The number of hydrogen-bond acceptors (Lipinski definition) is 0. The molecule has 0 amide bonds. The highest BCUT2D eigenvalue weighted by atomic mass is 15.0. The fourth-order valence-electron chi connectivity index (χ4n) is 7.03. The van der Waals surface area contributed by atoms with E-state index in [4.69, 9.17) is 0 Å². The molecule has 1 heteroatoms. The Morgan fingerprint density at radius 2 is 1.02 bits per heavy atom. The molecule has 0 unspecified atom stereocenters. The quantitative estimate of drug-likeness (QED) is 0.142. The molecule has 0 aliphatic heterocycles. The van der Waals surface area contributed by atoms with Crippen molar-refractivity contribution in [3.05, 3.63) is 169 Å². The van der Waals surface area contributed by atoms with Gasteiger partial charge in [-0.05, 0) is 99.1 Å².